The van der Waals surface area contributed by atoms with Gasteiger partial charge in [0.15, 0.2) is 0 Å². The Morgan fingerprint density at radius 1 is 1.23 bits per heavy atom. The molecule has 1 amide bonds. The van der Waals surface area contributed by atoms with Gasteiger partial charge in [-0.2, -0.15) is 26.3 Å². The molecule has 0 unspecified atom stereocenters. The standard InChI is InChI=1S/C15H17ClF6N2O2/c1-24(5-2-6-26-9-14(17,18)19)8-13(25)23-10-3-4-12(16)11(7-10)15(20,21)22/h3-4,7H,2,5-6,8-9H2,1H3,(H,23,25). The van der Waals surface area contributed by atoms with E-state index < -0.39 is 35.5 Å². The van der Waals surface area contributed by atoms with Crippen LogP contribution in [0, 0.1) is 0 Å². The molecule has 0 saturated carbocycles. The zero-order valence-corrected chi connectivity index (χ0v) is 14.4. The zero-order chi connectivity index (χ0) is 20.0. The Kier molecular flexibility index (Phi) is 8.16. The highest BCUT2D eigenvalue weighted by Crippen LogP contribution is 2.36. The SMILES string of the molecule is CN(CCCOCC(F)(F)F)CC(=O)Nc1ccc(Cl)c(C(F)(F)F)c1. The van der Waals surface area contributed by atoms with Gasteiger partial charge in [-0.3, -0.25) is 9.69 Å². The van der Waals surface area contributed by atoms with Gasteiger partial charge in [-0.25, -0.2) is 0 Å². The van der Waals surface area contributed by atoms with Gasteiger partial charge < -0.3 is 10.1 Å². The summed E-state index contributed by atoms with van der Waals surface area (Å²) >= 11 is 5.49. The molecule has 0 aliphatic carbocycles. The maximum Gasteiger partial charge on any atom is 0.417 e. The Bertz CT molecular complexity index is 607. The topological polar surface area (TPSA) is 41.6 Å². The summed E-state index contributed by atoms with van der Waals surface area (Å²) in [5, 5.41) is 1.83. The van der Waals surface area contributed by atoms with Gasteiger partial charge in [-0.1, -0.05) is 11.6 Å². The number of alkyl halides is 6. The number of anilines is 1. The number of carbonyl (C=O) groups excluding carboxylic acids is 1. The second-order valence-corrected chi connectivity index (χ2v) is 5.91. The van der Waals surface area contributed by atoms with Gasteiger partial charge >= 0.3 is 12.4 Å². The Balaban J connectivity index is 2.42. The first-order valence-corrected chi connectivity index (χ1v) is 7.76. The van der Waals surface area contributed by atoms with E-state index in [4.69, 9.17) is 11.6 Å². The molecule has 1 rings (SSSR count). The second-order valence-electron chi connectivity index (χ2n) is 5.50. The molecule has 0 aliphatic heterocycles. The predicted octanol–water partition coefficient (Wildman–Crippen LogP) is 4.20. The zero-order valence-electron chi connectivity index (χ0n) is 13.7. The molecule has 4 nitrogen and oxygen atoms in total. The predicted molar refractivity (Wildman–Crippen MR) is 84.1 cm³/mol. The first kappa shape index (κ1) is 22.5. The maximum absolute atomic E-state index is 12.8. The minimum atomic E-state index is -4.65. The lowest BCUT2D eigenvalue weighted by Gasteiger charge is -2.17. The summed E-state index contributed by atoms with van der Waals surface area (Å²) in [6, 6.07) is 2.99. The molecule has 0 heterocycles. The van der Waals surface area contributed by atoms with Crippen LogP contribution in [0.3, 0.4) is 0 Å². The highest BCUT2D eigenvalue weighted by molar-refractivity contribution is 6.31. The Hall–Kier alpha value is -1.52. The summed E-state index contributed by atoms with van der Waals surface area (Å²) in [6.45, 7) is -1.34. The summed E-state index contributed by atoms with van der Waals surface area (Å²) in [5.41, 5.74) is -1.12. The third-order valence-electron chi connectivity index (χ3n) is 3.06. The lowest BCUT2D eigenvalue weighted by Crippen LogP contribution is -2.31. The van der Waals surface area contributed by atoms with E-state index in [1.54, 1.807) is 7.05 Å². The molecule has 0 atom stereocenters. The van der Waals surface area contributed by atoms with Crippen molar-refractivity contribution in [2.24, 2.45) is 0 Å². The number of nitrogens with zero attached hydrogens (tertiary/aromatic N) is 1. The molecule has 1 aromatic carbocycles. The Morgan fingerprint density at radius 2 is 1.88 bits per heavy atom. The highest BCUT2D eigenvalue weighted by atomic mass is 35.5. The highest BCUT2D eigenvalue weighted by Gasteiger charge is 2.33. The molecular weight excluding hydrogens is 390 g/mol. The summed E-state index contributed by atoms with van der Waals surface area (Å²) < 4.78 is 78.4. The molecule has 0 aliphatic rings. The molecular formula is C15H17ClF6N2O2. The van der Waals surface area contributed by atoms with E-state index in [2.05, 4.69) is 10.1 Å². The van der Waals surface area contributed by atoms with E-state index in [1.807, 2.05) is 0 Å². The normalized spacial score (nSPS) is 12.5. The van der Waals surface area contributed by atoms with Crippen LogP contribution in [0.5, 0.6) is 0 Å². The lowest BCUT2D eigenvalue weighted by molar-refractivity contribution is -0.174. The number of hydrogen-bond acceptors (Lipinski definition) is 3. The Morgan fingerprint density at radius 3 is 2.46 bits per heavy atom. The number of nitrogens with one attached hydrogen (secondary N) is 1. The number of likely N-dealkylation sites (N-methyl/N-ethyl adjacent to an activating group) is 1. The van der Waals surface area contributed by atoms with Gasteiger partial charge in [0, 0.05) is 18.8 Å². The first-order valence-electron chi connectivity index (χ1n) is 7.38. The fourth-order valence-electron chi connectivity index (χ4n) is 1.97. The van der Waals surface area contributed by atoms with Gasteiger partial charge in [0.2, 0.25) is 5.91 Å². The molecule has 0 saturated heterocycles. The van der Waals surface area contributed by atoms with Crippen LogP contribution in [0.4, 0.5) is 32.0 Å². The maximum atomic E-state index is 12.8. The molecule has 11 heteroatoms. The smallest absolute Gasteiger partial charge is 0.372 e. The number of carbonyl (C=O) groups is 1. The summed E-state index contributed by atoms with van der Waals surface area (Å²) in [5.74, 6) is -0.570. The van der Waals surface area contributed by atoms with Crippen molar-refractivity contribution in [1.82, 2.24) is 4.90 Å². The largest absolute Gasteiger partial charge is 0.417 e. The van der Waals surface area contributed by atoms with E-state index in [0.717, 1.165) is 12.1 Å². The van der Waals surface area contributed by atoms with Gasteiger partial charge in [0.05, 0.1) is 17.1 Å². The second kappa shape index (κ2) is 9.43. The van der Waals surface area contributed by atoms with E-state index >= 15 is 0 Å². The molecule has 0 radical (unpaired) electrons. The van der Waals surface area contributed by atoms with Crippen LogP contribution in [0.15, 0.2) is 18.2 Å². The Labute approximate surface area is 151 Å². The van der Waals surface area contributed by atoms with Crippen LogP contribution < -0.4 is 5.32 Å². The van der Waals surface area contributed by atoms with Crippen molar-refractivity contribution in [2.45, 2.75) is 18.8 Å². The van der Waals surface area contributed by atoms with Crippen molar-refractivity contribution in [3.8, 4) is 0 Å². The molecule has 1 aromatic rings. The first-order chi connectivity index (χ1) is 11.9. The fraction of sp³-hybridized carbons (Fsp3) is 0.533. The number of ether oxygens (including phenoxy) is 1. The van der Waals surface area contributed by atoms with Gasteiger partial charge in [-0.05, 0) is 31.7 Å². The summed E-state index contributed by atoms with van der Waals surface area (Å²) in [6.07, 6.45) is -8.77. The van der Waals surface area contributed by atoms with Crippen molar-refractivity contribution in [3.05, 3.63) is 28.8 Å². The van der Waals surface area contributed by atoms with Crippen LogP contribution in [0.1, 0.15) is 12.0 Å². The van der Waals surface area contributed by atoms with Crippen molar-refractivity contribution in [1.29, 1.82) is 0 Å². The van der Waals surface area contributed by atoms with Crippen molar-refractivity contribution in [3.63, 3.8) is 0 Å². The van der Waals surface area contributed by atoms with E-state index in [-0.39, 0.29) is 31.8 Å². The quantitative estimate of drug-likeness (QED) is 0.520. The van der Waals surface area contributed by atoms with Crippen LogP contribution in [0.25, 0.3) is 0 Å². The molecule has 148 valence electrons. The van der Waals surface area contributed by atoms with Crippen LogP contribution in [-0.4, -0.2) is 50.3 Å². The number of hydrogen-bond donors (Lipinski definition) is 1. The van der Waals surface area contributed by atoms with Gasteiger partial charge in [-0.15, -0.1) is 0 Å². The van der Waals surface area contributed by atoms with E-state index in [0.29, 0.717) is 0 Å². The molecule has 0 fully saturated rings. The summed E-state index contributed by atoms with van der Waals surface area (Å²) in [4.78, 5) is 13.3. The minimum Gasteiger partial charge on any atom is -0.372 e. The number of benzene rings is 1. The van der Waals surface area contributed by atoms with Crippen molar-refractivity contribution < 1.29 is 35.9 Å². The van der Waals surface area contributed by atoms with Crippen molar-refractivity contribution >= 4 is 23.2 Å². The molecule has 0 bridgehead atoms. The summed E-state index contributed by atoms with van der Waals surface area (Å²) in [7, 11) is 1.55. The van der Waals surface area contributed by atoms with Crippen LogP contribution >= 0.6 is 11.6 Å². The van der Waals surface area contributed by atoms with Crippen LogP contribution in [-0.2, 0) is 15.7 Å². The fourth-order valence-corrected chi connectivity index (χ4v) is 2.19. The van der Waals surface area contributed by atoms with Crippen LogP contribution in [0.2, 0.25) is 5.02 Å². The number of amides is 1. The third kappa shape index (κ3) is 8.72. The monoisotopic (exact) mass is 406 g/mol. The average Bonchev–Trinajstić information content (AvgIpc) is 2.46. The average molecular weight is 407 g/mol. The number of rotatable bonds is 8. The van der Waals surface area contributed by atoms with Crippen molar-refractivity contribution in [2.75, 3.05) is 38.7 Å². The minimum absolute atomic E-state index is 0.0614. The third-order valence-corrected chi connectivity index (χ3v) is 3.39. The van der Waals surface area contributed by atoms with Gasteiger partial charge in [0.25, 0.3) is 0 Å². The van der Waals surface area contributed by atoms with E-state index in [9.17, 15) is 31.1 Å². The van der Waals surface area contributed by atoms with E-state index in [1.165, 1.54) is 11.0 Å². The molecule has 0 aromatic heterocycles. The van der Waals surface area contributed by atoms with Gasteiger partial charge in [0.1, 0.15) is 6.61 Å². The molecule has 26 heavy (non-hydrogen) atoms. The number of halogens is 7. The molecule has 0 spiro atoms. The lowest BCUT2D eigenvalue weighted by atomic mass is 10.2. The molecule has 1 N–H and O–H groups in total.